The number of carboxylic acids is 1. The largest absolute Gasteiger partial charge is 0.478 e. The van der Waals surface area contributed by atoms with E-state index in [0.717, 1.165) is 31.8 Å². The molecule has 0 aromatic carbocycles. The molecule has 5 nitrogen and oxygen atoms in total. The summed E-state index contributed by atoms with van der Waals surface area (Å²) in [5, 5.41) is 11.1. The number of carbonyl (C=O) groups is 1. The van der Waals surface area contributed by atoms with E-state index in [4.69, 9.17) is 5.11 Å². The van der Waals surface area contributed by atoms with Gasteiger partial charge in [0.15, 0.2) is 0 Å². The number of nitrogens with zero attached hydrogens (tertiary/aromatic N) is 3. The van der Waals surface area contributed by atoms with Gasteiger partial charge in [0.1, 0.15) is 5.82 Å². The van der Waals surface area contributed by atoms with Crippen molar-refractivity contribution in [2.24, 2.45) is 0 Å². The van der Waals surface area contributed by atoms with Crippen LogP contribution in [-0.2, 0) is 6.54 Å². The summed E-state index contributed by atoms with van der Waals surface area (Å²) < 4.78 is 0. The van der Waals surface area contributed by atoms with E-state index >= 15 is 0 Å². The zero-order valence-electron chi connectivity index (χ0n) is 11.8. The molecule has 6 heteroatoms. The number of rotatable bonds is 4. The molecule has 2 aromatic heterocycles. The van der Waals surface area contributed by atoms with Crippen molar-refractivity contribution in [3.8, 4) is 0 Å². The lowest BCUT2D eigenvalue weighted by Gasteiger charge is -2.22. The maximum absolute atomic E-state index is 10.9. The van der Waals surface area contributed by atoms with Crippen molar-refractivity contribution in [2.45, 2.75) is 32.4 Å². The van der Waals surface area contributed by atoms with Gasteiger partial charge < -0.3 is 5.11 Å². The van der Waals surface area contributed by atoms with Crippen molar-refractivity contribution in [3.63, 3.8) is 0 Å². The molecule has 1 saturated heterocycles. The normalized spacial score (nSPS) is 19.0. The quantitative estimate of drug-likeness (QED) is 0.940. The van der Waals surface area contributed by atoms with Gasteiger partial charge in [0, 0.05) is 23.8 Å². The average Bonchev–Trinajstić information content (AvgIpc) is 3.09. The van der Waals surface area contributed by atoms with Gasteiger partial charge >= 0.3 is 5.97 Å². The fourth-order valence-electron chi connectivity index (χ4n) is 2.74. The summed E-state index contributed by atoms with van der Waals surface area (Å²) in [6, 6.07) is 2.40. The van der Waals surface area contributed by atoms with Gasteiger partial charge in [-0.3, -0.25) is 4.90 Å². The number of aromatic nitrogens is 2. The first-order valence-electron chi connectivity index (χ1n) is 6.97. The highest BCUT2D eigenvalue weighted by molar-refractivity contribution is 7.10. The molecule has 1 atom stereocenters. The number of hydrogen-bond acceptors (Lipinski definition) is 5. The van der Waals surface area contributed by atoms with E-state index in [-0.39, 0.29) is 11.6 Å². The van der Waals surface area contributed by atoms with Gasteiger partial charge in [0.25, 0.3) is 0 Å². The lowest BCUT2D eigenvalue weighted by Crippen LogP contribution is -2.24. The lowest BCUT2D eigenvalue weighted by molar-refractivity contribution is 0.0695. The van der Waals surface area contributed by atoms with Crippen molar-refractivity contribution >= 4 is 17.3 Å². The van der Waals surface area contributed by atoms with Crippen LogP contribution >= 0.6 is 11.3 Å². The Morgan fingerprint density at radius 1 is 1.48 bits per heavy atom. The highest BCUT2D eigenvalue weighted by Crippen LogP contribution is 2.31. The second-order valence-electron chi connectivity index (χ2n) is 5.33. The predicted octanol–water partition coefficient (Wildman–Crippen LogP) is 2.88. The molecule has 1 unspecified atom stereocenters. The number of hydrogen-bond donors (Lipinski definition) is 1. The third kappa shape index (κ3) is 3.11. The maximum atomic E-state index is 10.9. The monoisotopic (exact) mass is 303 g/mol. The molecule has 3 rings (SSSR count). The van der Waals surface area contributed by atoms with Crippen molar-refractivity contribution < 1.29 is 9.90 Å². The summed E-state index contributed by atoms with van der Waals surface area (Å²) in [4.78, 5) is 23.0. The van der Waals surface area contributed by atoms with Crippen LogP contribution in [0.2, 0.25) is 0 Å². The summed E-state index contributed by atoms with van der Waals surface area (Å²) in [7, 11) is 0. The van der Waals surface area contributed by atoms with Crippen molar-refractivity contribution in [1.82, 2.24) is 14.9 Å². The lowest BCUT2D eigenvalue weighted by atomic mass is 10.2. The molecule has 1 N–H and O–H groups in total. The van der Waals surface area contributed by atoms with Gasteiger partial charge in [0.2, 0.25) is 0 Å². The number of carboxylic acid groups (broad SMARTS) is 1. The summed E-state index contributed by atoms with van der Waals surface area (Å²) in [6.45, 7) is 4.05. The highest BCUT2D eigenvalue weighted by atomic mass is 32.1. The van der Waals surface area contributed by atoms with Gasteiger partial charge in [-0.25, -0.2) is 14.8 Å². The van der Waals surface area contributed by atoms with E-state index in [1.165, 1.54) is 22.8 Å². The standard InChI is InChI=1S/C15H17N3O2S/c1-10-5-11(9-21-10)8-18-4-2-3-13(18)14-16-6-12(7-17-14)15(19)20/h5-7,9,13H,2-4,8H2,1H3,(H,19,20). The second kappa shape index (κ2) is 5.91. The SMILES string of the molecule is Cc1cc(CN2CCCC2c2ncc(C(=O)O)cn2)cs1. The van der Waals surface area contributed by atoms with Crippen LogP contribution in [0.5, 0.6) is 0 Å². The van der Waals surface area contributed by atoms with Crippen LogP contribution in [-0.4, -0.2) is 32.5 Å². The van der Waals surface area contributed by atoms with Crippen LogP contribution < -0.4 is 0 Å². The molecule has 0 aliphatic carbocycles. The summed E-state index contributed by atoms with van der Waals surface area (Å²) >= 11 is 1.77. The van der Waals surface area contributed by atoms with Gasteiger partial charge in [-0.15, -0.1) is 11.3 Å². The van der Waals surface area contributed by atoms with Crippen LogP contribution in [0, 0.1) is 6.92 Å². The molecule has 2 aromatic rings. The Labute approximate surface area is 127 Å². The van der Waals surface area contributed by atoms with Gasteiger partial charge in [-0.05, 0) is 43.3 Å². The minimum atomic E-state index is -0.987. The number of aromatic carboxylic acids is 1. The van der Waals surface area contributed by atoms with Crippen LogP contribution in [0.25, 0.3) is 0 Å². The first-order chi connectivity index (χ1) is 10.1. The Balaban J connectivity index is 1.75. The molecule has 110 valence electrons. The Morgan fingerprint density at radius 3 is 2.86 bits per heavy atom. The molecule has 1 aliphatic heterocycles. The minimum absolute atomic E-state index is 0.136. The molecule has 0 bridgehead atoms. The highest BCUT2D eigenvalue weighted by Gasteiger charge is 2.28. The van der Waals surface area contributed by atoms with Gasteiger partial charge in [-0.1, -0.05) is 0 Å². The van der Waals surface area contributed by atoms with E-state index in [9.17, 15) is 4.79 Å². The molecule has 1 fully saturated rings. The zero-order chi connectivity index (χ0) is 14.8. The third-order valence-electron chi connectivity index (χ3n) is 3.75. The minimum Gasteiger partial charge on any atom is -0.478 e. The predicted molar refractivity (Wildman–Crippen MR) is 80.4 cm³/mol. The maximum Gasteiger partial charge on any atom is 0.338 e. The van der Waals surface area contributed by atoms with Crippen LogP contribution in [0.1, 0.15) is 45.5 Å². The van der Waals surface area contributed by atoms with Crippen LogP contribution in [0.15, 0.2) is 23.8 Å². The molecular weight excluding hydrogens is 286 g/mol. The second-order valence-corrected chi connectivity index (χ2v) is 6.44. The Morgan fingerprint density at radius 2 is 2.24 bits per heavy atom. The van der Waals surface area contributed by atoms with E-state index in [1.807, 2.05) is 0 Å². The number of thiophene rings is 1. The first-order valence-corrected chi connectivity index (χ1v) is 7.85. The van der Waals surface area contributed by atoms with E-state index in [0.29, 0.717) is 0 Å². The number of aryl methyl sites for hydroxylation is 1. The summed E-state index contributed by atoms with van der Waals surface area (Å²) in [5.74, 6) is -0.261. The van der Waals surface area contributed by atoms with Crippen LogP contribution in [0.3, 0.4) is 0 Å². The Hall–Kier alpha value is -1.79. The van der Waals surface area contributed by atoms with E-state index in [2.05, 4.69) is 33.2 Å². The molecule has 1 aliphatic rings. The first kappa shape index (κ1) is 14.2. The topological polar surface area (TPSA) is 66.3 Å². The number of likely N-dealkylation sites (tertiary alicyclic amines) is 1. The Bertz CT molecular complexity index is 639. The Kier molecular flexibility index (Phi) is 3.98. The molecule has 0 saturated carbocycles. The van der Waals surface area contributed by atoms with Crippen molar-refractivity contribution in [1.29, 1.82) is 0 Å². The third-order valence-corrected chi connectivity index (χ3v) is 4.66. The summed E-state index contributed by atoms with van der Waals surface area (Å²) in [5.41, 5.74) is 1.46. The van der Waals surface area contributed by atoms with Crippen molar-refractivity contribution in [2.75, 3.05) is 6.54 Å². The average molecular weight is 303 g/mol. The molecule has 3 heterocycles. The zero-order valence-corrected chi connectivity index (χ0v) is 12.6. The smallest absolute Gasteiger partial charge is 0.338 e. The molecular formula is C15H17N3O2S. The van der Waals surface area contributed by atoms with Gasteiger partial charge in [-0.2, -0.15) is 0 Å². The molecule has 0 radical (unpaired) electrons. The van der Waals surface area contributed by atoms with Crippen molar-refractivity contribution in [3.05, 3.63) is 45.7 Å². The fourth-order valence-corrected chi connectivity index (χ4v) is 3.44. The molecule has 0 amide bonds. The van der Waals surface area contributed by atoms with E-state index in [1.54, 1.807) is 11.3 Å². The van der Waals surface area contributed by atoms with Gasteiger partial charge in [0.05, 0.1) is 11.6 Å². The van der Waals surface area contributed by atoms with E-state index < -0.39 is 5.97 Å². The molecule has 21 heavy (non-hydrogen) atoms. The van der Waals surface area contributed by atoms with Crippen LogP contribution in [0.4, 0.5) is 0 Å². The molecule has 0 spiro atoms. The fraction of sp³-hybridized carbons (Fsp3) is 0.400. The summed E-state index contributed by atoms with van der Waals surface area (Å²) in [6.07, 6.45) is 4.94.